The lowest BCUT2D eigenvalue weighted by molar-refractivity contribution is 0.629. The summed E-state index contributed by atoms with van der Waals surface area (Å²) in [6, 6.07) is 8.06. The molecule has 17 heavy (non-hydrogen) atoms. The Labute approximate surface area is 99.6 Å². The molecule has 0 aliphatic carbocycles. The van der Waals surface area contributed by atoms with Crippen LogP contribution in [-0.2, 0) is 0 Å². The fourth-order valence-corrected chi connectivity index (χ4v) is 2.46. The van der Waals surface area contributed by atoms with Gasteiger partial charge in [0.05, 0.1) is 16.1 Å². The lowest BCUT2D eigenvalue weighted by Crippen LogP contribution is -2.11. The molecule has 2 heterocycles. The highest BCUT2D eigenvalue weighted by molar-refractivity contribution is 7.13. The van der Waals surface area contributed by atoms with E-state index in [-0.39, 0.29) is 5.82 Å². The number of rotatable bonds is 1. The van der Waals surface area contributed by atoms with Crippen molar-refractivity contribution < 1.29 is 4.39 Å². The highest BCUT2D eigenvalue weighted by Crippen LogP contribution is 2.28. The second-order valence-corrected chi connectivity index (χ2v) is 4.51. The molecule has 0 saturated carbocycles. The van der Waals surface area contributed by atoms with E-state index in [1.54, 1.807) is 6.07 Å². The van der Waals surface area contributed by atoms with Crippen molar-refractivity contribution in [3.05, 3.63) is 52.0 Å². The summed E-state index contributed by atoms with van der Waals surface area (Å²) in [4.78, 5) is 18.8. The van der Waals surface area contributed by atoms with Crippen molar-refractivity contribution >= 4 is 22.2 Å². The van der Waals surface area contributed by atoms with Gasteiger partial charge < -0.3 is 4.98 Å². The SMILES string of the molecule is O=c1nc(-c2cccs2)c2ccc(F)cc2[nH]1. The fraction of sp³-hybridized carbons (Fsp3) is 0. The van der Waals surface area contributed by atoms with Crippen molar-refractivity contribution in [2.75, 3.05) is 0 Å². The first-order valence-corrected chi connectivity index (χ1v) is 5.85. The highest BCUT2D eigenvalue weighted by atomic mass is 32.1. The number of nitrogens with one attached hydrogen (secondary N) is 1. The van der Waals surface area contributed by atoms with Crippen LogP contribution in [0.1, 0.15) is 0 Å². The number of thiophene rings is 1. The fourth-order valence-electron chi connectivity index (χ4n) is 1.73. The van der Waals surface area contributed by atoms with Crippen molar-refractivity contribution in [1.82, 2.24) is 9.97 Å². The molecule has 3 rings (SSSR count). The Hall–Kier alpha value is -2.01. The van der Waals surface area contributed by atoms with E-state index in [1.165, 1.54) is 23.5 Å². The first kappa shape index (κ1) is 10.2. The van der Waals surface area contributed by atoms with E-state index in [9.17, 15) is 9.18 Å². The number of hydrogen-bond acceptors (Lipinski definition) is 3. The van der Waals surface area contributed by atoms with Gasteiger partial charge in [-0.1, -0.05) is 6.07 Å². The van der Waals surface area contributed by atoms with E-state index < -0.39 is 5.69 Å². The Morgan fingerprint density at radius 2 is 2.18 bits per heavy atom. The lowest BCUT2D eigenvalue weighted by atomic mass is 10.1. The maximum Gasteiger partial charge on any atom is 0.346 e. The molecule has 0 aliphatic heterocycles. The molecule has 3 aromatic rings. The van der Waals surface area contributed by atoms with Gasteiger partial charge in [0.1, 0.15) is 5.82 Å². The Kier molecular flexibility index (Phi) is 2.26. The summed E-state index contributed by atoms with van der Waals surface area (Å²) in [6.45, 7) is 0. The first-order chi connectivity index (χ1) is 8.24. The van der Waals surface area contributed by atoms with Gasteiger partial charge in [0.2, 0.25) is 0 Å². The number of aromatic nitrogens is 2. The van der Waals surface area contributed by atoms with Gasteiger partial charge in [0, 0.05) is 5.39 Å². The molecule has 0 unspecified atom stereocenters. The van der Waals surface area contributed by atoms with E-state index in [4.69, 9.17) is 0 Å². The number of H-pyrrole nitrogens is 1. The zero-order valence-electron chi connectivity index (χ0n) is 8.61. The number of benzene rings is 1. The van der Waals surface area contributed by atoms with Crippen LogP contribution in [0.5, 0.6) is 0 Å². The third-order valence-corrected chi connectivity index (χ3v) is 3.32. The summed E-state index contributed by atoms with van der Waals surface area (Å²) < 4.78 is 13.1. The summed E-state index contributed by atoms with van der Waals surface area (Å²) in [5.41, 5.74) is 0.596. The van der Waals surface area contributed by atoms with Crippen molar-refractivity contribution in [2.45, 2.75) is 0 Å². The Balaban J connectivity index is 2.42. The van der Waals surface area contributed by atoms with Gasteiger partial charge in [-0.25, -0.2) is 9.18 Å². The number of halogens is 1. The second kappa shape index (κ2) is 3.78. The van der Waals surface area contributed by atoms with Crippen LogP contribution in [0.2, 0.25) is 0 Å². The molecule has 0 spiro atoms. The minimum Gasteiger partial charge on any atom is -0.305 e. The Morgan fingerprint density at radius 3 is 2.94 bits per heavy atom. The van der Waals surface area contributed by atoms with E-state index >= 15 is 0 Å². The number of aromatic amines is 1. The molecule has 3 nitrogen and oxygen atoms in total. The summed E-state index contributed by atoms with van der Waals surface area (Å²) in [5.74, 6) is -0.378. The molecule has 2 aromatic heterocycles. The number of hydrogen-bond donors (Lipinski definition) is 1. The van der Waals surface area contributed by atoms with E-state index in [2.05, 4.69) is 9.97 Å². The molecule has 0 saturated heterocycles. The standard InChI is InChI=1S/C12H7FN2OS/c13-7-3-4-8-9(6-7)14-12(16)15-11(8)10-2-1-5-17-10/h1-6H,(H,14,15,16). The van der Waals surface area contributed by atoms with Gasteiger partial charge in [0.25, 0.3) is 0 Å². The predicted molar refractivity (Wildman–Crippen MR) is 65.6 cm³/mol. The normalized spacial score (nSPS) is 10.9. The molecule has 5 heteroatoms. The molecule has 0 aliphatic rings. The molecule has 1 N–H and O–H groups in total. The molecule has 0 fully saturated rings. The van der Waals surface area contributed by atoms with Gasteiger partial charge in [-0.2, -0.15) is 4.98 Å². The molecule has 0 amide bonds. The van der Waals surface area contributed by atoms with E-state index in [0.29, 0.717) is 11.2 Å². The van der Waals surface area contributed by atoms with Crippen LogP contribution < -0.4 is 5.69 Å². The average Bonchev–Trinajstić information content (AvgIpc) is 2.80. The van der Waals surface area contributed by atoms with Crippen molar-refractivity contribution in [3.63, 3.8) is 0 Å². The smallest absolute Gasteiger partial charge is 0.305 e. The Bertz CT molecular complexity index is 734. The summed E-state index contributed by atoms with van der Waals surface area (Å²) >= 11 is 1.49. The van der Waals surface area contributed by atoms with Crippen LogP contribution in [0.4, 0.5) is 4.39 Å². The monoisotopic (exact) mass is 246 g/mol. The first-order valence-electron chi connectivity index (χ1n) is 4.97. The summed E-state index contributed by atoms with van der Waals surface area (Å²) in [5, 5.41) is 2.65. The average molecular weight is 246 g/mol. The molecule has 0 bridgehead atoms. The van der Waals surface area contributed by atoms with Crippen molar-refractivity contribution in [3.8, 4) is 10.6 Å². The quantitative estimate of drug-likeness (QED) is 0.717. The maximum absolute atomic E-state index is 13.1. The van der Waals surface area contributed by atoms with E-state index in [0.717, 1.165) is 10.3 Å². The Morgan fingerprint density at radius 1 is 1.29 bits per heavy atom. The number of fused-ring (bicyclic) bond motifs is 1. The van der Waals surface area contributed by atoms with Gasteiger partial charge >= 0.3 is 5.69 Å². The lowest BCUT2D eigenvalue weighted by Gasteiger charge is -2.02. The molecule has 84 valence electrons. The van der Waals surface area contributed by atoms with Crippen LogP contribution in [0.25, 0.3) is 21.5 Å². The summed E-state index contributed by atoms with van der Waals surface area (Å²) in [6.07, 6.45) is 0. The van der Waals surface area contributed by atoms with Crippen LogP contribution >= 0.6 is 11.3 Å². The molecule has 1 aromatic carbocycles. The third-order valence-electron chi connectivity index (χ3n) is 2.45. The van der Waals surface area contributed by atoms with Crippen molar-refractivity contribution in [1.29, 1.82) is 0 Å². The van der Waals surface area contributed by atoms with Crippen LogP contribution in [0.3, 0.4) is 0 Å². The van der Waals surface area contributed by atoms with E-state index in [1.807, 2.05) is 17.5 Å². The second-order valence-electron chi connectivity index (χ2n) is 3.56. The minimum atomic E-state index is -0.466. The van der Waals surface area contributed by atoms with Gasteiger partial charge in [-0.3, -0.25) is 0 Å². The van der Waals surface area contributed by atoms with Crippen molar-refractivity contribution in [2.24, 2.45) is 0 Å². The topological polar surface area (TPSA) is 45.8 Å². The largest absolute Gasteiger partial charge is 0.346 e. The molecular formula is C12H7FN2OS. The van der Waals surface area contributed by atoms with Gasteiger partial charge in [-0.15, -0.1) is 11.3 Å². The van der Waals surface area contributed by atoms with Gasteiger partial charge in [-0.05, 0) is 29.6 Å². The predicted octanol–water partition coefficient (Wildman–Crippen LogP) is 2.79. The zero-order chi connectivity index (χ0) is 11.8. The van der Waals surface area contributed by atoms with Gasteiger partial charge in [0.15, 0.2) is 0 Å². The number of nitrogens with zero attached hydrogens (tertiary/aromatic N) is 1. The molecule has 0 atom stereocenters. The highest BCUT2D eigenvalue weighted by Gasteiger charge is 2.08. The van der Waals surface area contributed by atoms with Crippen LogP contribution in [0, 0.1) is 5.82 Å². The molecule has 0 radical (unpaired) electrons. The molecular weight excluding hydrogens is 239 g/mol. The third kappa shape index (κ3) is 1.74. The summed E-state index contributed by atoms with van der Waals surface area (Å²) in [7, 11) is 0. The van der Waals surface area contributed by atoms with Crippen LogP contribution in [0.15, 0.2) is 40.5 Å². The minimum absolute atomic E-state index is 0.378. The maximum atomic E-state index is 13.1. The van der Waals surface area contributed by atoms with Crippen LogP contribution in [-0.4, -0.2) is 9.97 Å². The zero-order valence-corrected chi connectivity index (χ0v) is 9.42.